The number of hydrogen-bond acceptors (Lipinski definition) is 1. The number of rotatable bonds is 11. The molecule has 0 unspecified atom stereocenters. The van der Waals surface area contributed by atoms with Crippen LogP contribution in [0.25, 0.3) is 0 Å². The van der Waals surface area contributed by atoms with Crippen molar-refractivity contribution in [2.45, 2.75) is 102 Å². The molecule has 0 saturated heterocycles. The first-order valence-corrected chi connectivity index (χ1v) is 7.99. The molecule has 1 fully saturated rings. The van der Waals surface area contributed by atoms with Gasteiger partial charge in [-0.3, -0.25) is 0 Å². The fourth-order valence-corrected chi connectivity index (χ4v) is 2.78. The van der Waals surface area contributed by atoms with E-state index in [0.717, 1.165) is 19.3 Å². The number of unbranched alkanes of at least 4 members (excludes halogenated alkanes) is 9. The highest BCUT2D eigenvalue weighted by atomic mass is 16.3. The van der Waals surface area contributed by atoms with Crippen molar-refractivity contribution in [3.8, 4) is 0 Å². The summed E-state index contributed by atoms with van der Waals surface area (Å²) in [6.07, 6.45) is 18.3. The Morgan fingerprint density at radius 3 is 1.65 bits per heavy atom. The van der Waals surface area contributed by atoms with Crippen LogP contribution in [0.2, 0.25) is 0 Å². The van der Waals surface area contributed by atoms with Crippen LogP contribution in [0.3, 0.4) is 0 Å². The normalized spacial score (nSPS) is 18.0. The van der Waals surface area contributed by atoms with Crippen LogP contribution in [-0.4, -0.2) is 10.7 Å². The zero-order valence-corrected chi connectivity index (χ0v) is 11.8. The maximum atomic E-state index is 9.93. The minimum Gasteiger partial charge on any atom is -0.390 e. The van der Waals surface area contributed by atoms with Gasteiger partial charge in [-0.25, -0.2) is 0 Å². The standard InChI is InChI=1S/C16H32O/c1-2-3-4-5-6-7-8-9-10-11-13-16(17)14-12-15-16/h17H,2-15H2,1H3. The first kappa shape index (κ1) is 15.0. The summed E-state index contributed by atoms with van der Waals surface area (Å²) in [7, 11) is 0. The van der Waals surface area contributed by atoms with Gasteiger partial charge >= 0.3 is 0 Å². The Kier molecular flexibility index (Phi) is 7.92. The molecule has 1 aliphatic carbocycles. The monoisotopic (exact) mass is 240 g/mol. The van der Waals surface area contributed by atoms with Gasteiger partial charge in [0.05, 0.1) is 5.60 Å². The average molecular weight is 240 g/mol. The summed E-state index contributed by atoms with van der Waals surface area (Å²) in [5.74, 6) is 0. The maximum Gasteiger partial charge on any atom is 0.0647 e. The van der Waals surface area contributed by atoms with Crippen molar-refractivity contribution in [2.24, 2.45) is 0 Å². The van der Waals surface area contributed by atoms with E-state index in [9.17, 15) is 5.11 Å². The quantitative estimate of drug-likeness (QED) is 0.491. The first-order valence-electron chi connectivity index (χ1n) is 7.99. The van der Waals surface area contributed by atoms with Crippen LogP contribution in [0.4, 0.5) is 0 Å². The Morgan fingerprint density at radius 1 is 0.765 bits per heavy atom. The fraction of sp³-hybridized carbons (Fsp3) is 1.00. The summed E-state index contributed by atoms with van der Waals surface area (Å²) in [4.78, 5) is 0. The van der Waals surface area contributed by atoms with Crippen molar-refractivity contribution in [1.82, 2.24) is 0 Å². The van der Waals surface area contributed by atoms with E-state index in [-0.39, 0.29) is 5.60 Å². The third-order valence-corrected chi connectivity index (χ3v) is 4.28. The summed E-state index contributed by atoms with van der Waals surface area (Å²) >= 11 is 0. The minimum atomic E-state index is -0.236. The SMILES string of the molecule is CCCCCCCCCCCCC1(O)CCC1. The van der Waals surface area contributed by atoms with Crippen molar-refractivity contribution in [3.05, 3.63) is 0 Å². The van der Waals surface area contributed by atoms with Crippen molar-refractivity contribution >= 4 is 0 Å². The molecule has 0 heterocycles. The lowest BCUT2D eigenvalue weighted by molar-refractivity contribution is -0.0419. The minimum absolute atomic E-state index is 0.236. The molecule has 0 spiro atoms. The lowest BCUT2D eigenvalue weighted by Crippen LogP contribution is -2.36. The molecule has 0 aromatic rings. The molecular formula is C16H32O. The molecule has 0 aromatic heterocycles. The summed E-state index contributed by atoms with van der Waals surface area (Å²) in [6, 6.07) is 0. The average Bonchev–Trinajstić information content (AvgIpc) is 2.29. The van der Waals surface area contributed by atoms with Crippen LogP contribution < -0.4 is 0 Å². The zero-order chi connectivity index (χ0) is 12.4. The Balaban J connectivity index is 1.72. The summed E-state index contributed by atoms with van der Waals surface area (Å²) in [5.41, 5.74) is -0.236. The molecular weight excluding hydrogens is 208 g/mol. The molecule has 0 aromatic carbocycles. The third-order valence-electron chi connectivity index (χ3n) is 4.28. The molecule has 102 valence electrons. The van der Waals surface area contributed by atoms with Crippen LogP contribution >= 0.6 is 0 Å². The molecule has 0 aliphatic heterocycles. The van der Waals surface area contributed by atoms with E-state index >= 15 is 0 Å². The van der Waals surface area contributed by atoms with E-state index < -0.39 is 0 Å². The molecule has 0 amide bonds. The van der Waals surface area contributed by atoms with Crippen LogP contribution in [0.5, 0.6) is 0 Å². The predicted molar refractivity (Wildman–Crippen MR) is 75.3 cm³/mol. The van der Waals surface area contributed by atoms with E-state index in [1.807, 2.05) is 0 Å². The van der Waals surface area contributed by atoms with Gasteiger partial charge < -0.3 is 5.11 Å². The van der Waals surface area contributed by atoms with Gasteiger partial charge in [-0.2, -0.15) is 0 Å². The highest BCUT2D eigenvalue weighted by Crippen LogP contribution is 2.36. The van der Waals surface area contributed by atoms with Crippen molar-refractivity contribution in [3.63, 3.8) is 0 Å². The van der Waals surface area contributed by atoms with Gasteiger partial charge in [0.25, 0.3) is 0 Å². The van der Waals surface area contributed by atoms with Crippen LogP contribution in [0, 0.1) is 0 Å². The van der Waals surface area contributed by atoms with Crippen LogP contribution in [0.1, 0.15) is 96.8 Å². The molecule has 0 bridgehead atoms. The second-order valence-corrected chi connectivity index (χ2v) is 6.01. The van der Waals surface area contributed by atoms with Crippen LogP contribution in [0.15, 0.2) is 0 Å². The Labute approximate surface area is 108 Å². The van der Waals surface area contributed by atoms with E-state index in [1.165, 1.54) is 70.6 Å². The van der Waals surface area contributed by atoms with Gasteiger partial charge in [-0.15, -0.1) is 0 Å². The van der Waals surface area contributed by atoms with Gasteiger partial charge in [0.1, 0.15) is 0 Å². The molecule has 1 saturated carbocycles. The molecule has 0 atom stereocenters. The first-order chi connectivity index (χ1) is 8.27. The highest BCUT2D eigenvalue weighted by molar-refractivity contribution is 4.86. The van der Waals surface area contributed by atoms with E-state index in [2.05, 4.69) is 6.92 Å². The smallest absolute Gasteiger partial charge is 0.0647 e. The topological polar surface area (TPSA) is 20.2 Å². The largest absolute Gasteiger partial charge is 0.390 e. The van der Waals surface area contributed by atoms with Gasteiger partial charge in [0.2, 0.25) is 0 Å². The third kappa shape index (κ3) is 7.08. The molecule has 1 heteroatoms. The van der Waals surface area contributed by atoms with E-state index in [0.29, 0.717) is 0 Å². The second kappa shape index (κ2) is 8.97. The lowest BCUT2D eigenvalue weighted by atomic mass is 9.77. The molecule has 1 nitrogen and oxygen atoms in total. The van der Waals surface area contributed by atoms with E-state index in [1.54, 1.807) is 0 Å². The predicted octanol–water partition coefficient (Wildman–Crippen LogP) is 5.21. The molecule has 0 radical (unpaired) electrons. The highest BCUT2D eigenvalue weighted by Gasteiger charge is 2.33. The fourth-order valence-electron chi connectivity index (χ4n) is 2.78. The summed E-state index contributed by atoms with van der Waals surface area (Å²) < 4.78 is 0. The number of hydrogen-bond donors (Lipinski definition) is 1. The van der Waals surface area contributed by atoms with E-state index in [4.69, 9.17) is 0 Å². The van der Waals surface area contributed by atoms with Gasteiger partial charge in [0.15, 0.2) is 0 Å². The maximum absolute atomic E-state index is 9.93. The zero-order valence-electron chi connectivity index (χ0n) is 11.8. The molecule has 1 N–H and O–H groups in total. The van der Waals surface area contributed by atoms with Crippen LogP contribution in [-0.2, 0) is 0 Å². The van der Waals surface area contributed by atoms with Gasteiger partial charge in [-0.1, -0.05) is 71.1 Å². The van der Waals surface area contributed by atoms with Gasteiger partial charge in [-0.05, 0) is 25.7 Å². The molecule has 1 aliphatic rings. The Bertz CT molecular complexity index is 172. The van der Waals surface area contributed by atoms with Crippen molar-refractivity contribution in [2.75, 3.05) is 0 Å². The summed E-state index contributed by atoms with van der Waals surface area (Å²) in [6.45, 7) is 2.27. The Morgan fingerprint density at radius 2 is 1.24 bits per heavy atom. The lowest BCUT2D eigenvalue weighted by Gasteiger charge is -2.36. The Hall–Kier alpha value is -0.0400. The second-order valence-electron chi connectivity index (χ2n) is 6.01. The molecule has 17 heavy (non-hydrogen) atoms. The van der Waals surface area contributed by atoms with Crippen molar-refractivity contribution in [1.29, 1.82) is 0 Å². The van der Waals surface area contributed by atoms with Gasteiger partial charge in [0, 0.05) is 0 Å². The number of aliphatic hydroxyl groups is 1. The van der Waals surface area contributed by atoms with Crippen molar-refractivity contribution < 1.29 is 5.11 Å². The molecule has 1 rings (SSSR count). The summed E-state index contributed by atoms with van der Waals surface area (Å²) in [5, 5.41) is 9.93.